The summed E-state index contributed by atoms with van der Waals surface area (Å²) in [5.41, 5.74) is 6.08. The number of nitrogens with zero attached hydrogens (tertiary/aromatic N) is 2. The van der Waals surface area contributed by atoms with Crippen LogP contribution < -0.4 is 10.6 Å². The lowest BCUT2D eigenvalue weighted by Gasteiger charge is -2.14. The fraction of sp³-hybridized carbons (Fsp3) is 0.429. The summed E-state index contributed by atoms with van der Waals surface area (Å²) in [6.45, 7) is 7.11. The van der Waals surface area contributed by atoms with Crippen molar-refractivity contribution in [2.45, 2.75) is 52.9 Å². The molecule has 2 aromatic rings. The number of benzene rings is 1. The van der Waals surface area contributed by atoms with E-state index in [0.717, 1.165) is 30.2 Å². The van der Waals surface area contributed by atoms with E-state index in [2.05, 4.69) is 58.7 Å². The van der Waals surface area contributed by atoms with E-state index >= 15 is 0 Å². The van der Waals surface area contributed by atoms with Gasteiger partial charge in [-0.1, -0.05) is 17.7 Å². The fourth-order valence-corrected chi connectivity index (χ4v) is 3.37. The van der Waals surface area contributed by atoms with Crippen molar-refractivity contribution in [3.63, 3.8) is 0 Å². The Hall–Kier alpha value is -2.36. The van der Waals surface area contributed by atoms with Gasteiger partial charge in [0, 0.05) is 24.0 Å². The van der Waals surface area contributed by atoms with E-state index in [1.165, 1.54) is 36.8 Å². The molecule has 0 fully saturated rings. The van der Waals surface area contributed by atoms with Gasteiger partial charge in [-0.2, -0.15) is 4.98 Å². The minimum absolute atomic E-state index is 0.697. The first-order chi connectivity index (χ1) is 12.1. The first kappa shape index (κ1) is 17.5. The highest BCUT2D eigenvalue weighted by Gasteiger charge is 2.06. The van der Waals surface area contributed by atoms with E-state index in [9.17, 15) is 0 Å². The van der Waals surface area contributed by atoms with Gasteiger partial charge in [0.05, 0.1) is 0 Å². The Morgan fingerprint density at radius 2 is 1.76 bits per heavy atom. The number of aromatic nitrogens is 2. The van der Waals surface area contributed by atoms with E-state index in [1.54, 1.807) is 5.57 Å². The van der Waals surface area contributed by atoms with Gasteiger partial charge >= 0.3 is 0 Å². The van der Waals surface area contributed by atoms with Gasteiger partial charge in [-0.15, -0.1) is 0 Å². The zero-order chi connectivity index (χ0) is 17.6. The lowest BCUT2D eigenvalue weighted by Crippen LogP contribution is -2.09. The zero-order valence-corrected chi connectivity index (χ0v) is 15.5. The Morgan fingerprint density at radius 3 is 2.48 bits per heavy atom. The third-order valence-corrected chi connectivity index (χ3v) is 4.46. The molecule has 1 aromatic carbocycles. The molecule has 4 nitrogen and oxygen atoms in total. The monoisotopic (exact) mass is 336 g/mol. The van der Waals surface area contributed by atoms with Crippen LogP contribution in [-0.4, -0.2) is 16.5 Å². The maximum atomic E-state index is 4.62. The fourth-order valence-electron chi connectivity index (χ4n) is 3.37. The standard InChI is InChI=1S/C21H28N4/c1-15-11-16(2)13-19(12-15)24-20-14-17(3)23-21(25-20)22-10-9-18-7-5-4-6-8-18/h7,11-14H,4-6,8-10H2,1-3H3,(H2,22,23,24,25). The minimum Gasteiger partial charge on any atom is -0.354 e. The van der Waals surface area contributed by atoms with E-state index in [4.69, 9.17) is 0 Å². The van der Waals surface area contributed by atoms with Crippen LogP contribution in [0, 0.1) is 20.8 Å². The lowest BCUT2D eigenvalue weighted by atomic mass is 9.97. The molecule has 0 atom stereocenters. The quantitative estimate of drug-likeness (QED) is 0.689. The average Bonchev–Trinajstić information content (AvgIpc) is 2.54. The molecule has 1 aromatic heterocycles. The second-order valence-electron chi connectivity index (χ2n) is 7.00. The Kier molecular flexibility index (Phi) is 5.69. The largest absolute Gasteiger partial charge is 0.354 e. The first-order valence-corrected chi connectivity index (χ1v) is 9.21. The highest BCUT2D eigenvalue weighted by molar-refractivity contribution is 5.59. The second kappa shape index (κ2) is 8.15. The highest BCUT2D eigenvalue weighted by atomic mass is 15.1. The van der Waals surface area contributed by atoms with Gasteiger partial charge in [0.15, 0.2) is 0 Å². The van der Waals surface area contributed by atoms with Crippen LogP contribution in [-0.2, 0) is 0 Å². The summed E-state index contributed by atoms with van der Waals surface area (Å²) < 4.78 is 0. The molecule has 3 rings (SSSR count). The molecule has 0 radical (unpaired) electrons. The molecule has 0 spiro atoms. The van der Waals surface area contributed by atoms with Crippen LogP contribution in [0.2, 0.25) is 0 Å². The molecule has 2 N–H and O–H groups in total. The SMILES string of the molecule is Cc1cc(C)cc(Nc2cc(C)nc(NCCC3=CCCCC3)n2)c1. The van der Waals surface area contributed by atoms with Crippen LogP contribution in [0.25, 0.3) is 0 Å². The first-order valence-electron chi connectivity index (χ1n) is 9.21. The second-order valence-corrected chi connectivity index (χ2v) is 7.00. The maximum Gasteiger partial charge on any atom is 0.224 e. The van der Waals surface area contributed by atoms with Crippen molar-refractivity contribution in [2.24, 2.45) is 0 Å². The molecule has 0 saturated carbocycles. The molecule has 0 amide bonds. The highest BCUT2D eigenvalue weighted by Crippen LogP contribution is 2.21. The number of aryl methyl sites for hydroxylation is 3. The summed E-state index contributed by atoms with van der Waals surface area (Å²) in [5, 5.41) is 6.78. The molecule has 25 heavy (non-hydrogen) atoms. The van der Waals surface area contributed by atoms with Crippen LogP contribution in [0.5, 0.6) is 0 Å². The van der Waals surface area contributed by atoms with Gasteiger partial charge in [0.25, 0.3) is 0 Å². The molecule has 0 saturated heterocycles. The molecular formula is C21H28N4. The number of anilines is 3. The van der Waals surface area contributed by atoms with Crippen LogP contribution >= 0.6 is 0 Å². The van der Waals surface area contributed by atoms with Crippen molar-refractivity contribution in [2.75, 3.05) is 17.2 Å². The maximum absolute atomic E-state index is 4.62. The van der Waals surface area contributed by atoms with E-state index in [0.29, 0.717) is 5.95 Å². The topological polar surface area (TPSA) is 49.8 Å². The smallest absolute Gasteiger partial charge is 0.224 e. The Labute approximate surface area is 150 Å². The van der Waals surface area contributed by atoms with Gasteiger partial charge in [0.1, 0.15) is 5.82 Å². The van der Waals surface area contributed by atoms with Crippen molar-refractivity contribution in [1.29, 1.82) is 0 Å². The van der Waals surface area contributed by atoms with Crippen molar-refractivity contribution in [1.82, 2.24) is 9.97 Å². The Balaban J connectivity index is 1.64. The molecule has 0 unspecified atom stereocenters. The van der Waals surface area contributed by atoms with E-state index in [1.807, 2.05) is 13.0 Å². The van der Waals surface area contributed by atoms with E-state index < -0.39 is 0 Å². The lowest BCUT2D eigenvalue weighted by molar-refractivity contribution is 0.679. The summed E-state index contributed by atoms with van der Waals surface area (Å²) >= 11 is 0. The average molecular weight is 336 g/mol. The normalized spacial score (nSPS) is 14.1. The number of allylic oxidation sites excluding steroid dienone is 1. The summed E-state index contributed by atoms with van der Waals surface area (Å²) in [7, 11) is 0. The van der Waals surface area contributed by atoms with Gasteiger partial charge in [-0.3, -0.25) is 0 Å². The van der Waals surface area contributed by atoms with E-state index in [-0.39, 0.29) is 0 Å². The summed E-state index contributed by atoms with van der Waals surface area (Å²) in [5.74, 6) is 1.53. The van der Waals surface area contributed by atoms with Crippen molar-refractivity contribution in [3.8, 4) is 0 Å². The number of nitrogens with one attached hydrogen (secondary N) is 2. The predicted octanol–water partition coefficient (Wildman–Crippen LogP) is 5.45. The van der Waals surface area contributed by atoms with Crippen LogP contribution in [0.15, 0.2) is 35.9 Å². The third-order valence-electron chi connectivity index (χ3n) is 4.46. The molecule has 132 valence electrons. The number of hydrogen-bond acceptors (Lipinski definition) is 4. The zero-order valence-electron chi connectivity index (χ0n) is 15.5. The van der Waals surface area contributed by atoms with Crippen molar-refractivity contribution in [3.05, 3.63) is 52.7 Å². The minimum atomic E-state index is 0.697. The van der Waals surface area contributed by atoms with Crippen LogP contribution in [0.3, 0.4) is 0 Å². The van der Waals surface area contributed by atoms with Gasteiger partial charge in [-0.05, 0) is 76.1 Å². The summed E-state index contributed by atoms with van der Waals surface area (Å²) in [4.78, 5) is 9.13. The Morgan fingerprint density at radius 1 is 0.960 bits per heavy atom. The van der Waals surface area contributed by atoms with Gasteiger partial charge in [-0.25, -0.2) is 4.98 Å². The van der Waals surface area contributed by atoms with Gasteiger partial charge in [0.2, 0.25) is 5.95 Å². The molecule has 4 heteroatoms. The molecule has 0 bridgehead atoms. The van der Waals surface area contributed by atoms with Crippen molar-refractivity contribution < 1.29 is 0 Å². The third kappa shape index (κ3) is 5.31. The molecular weight excluding hydrogens is 308 g/mol. The van der Waals surface area contributed by atoms with Crippen LogP contribution in [0.4, 0.5) is 17.5 Å². The predicted molar refractivity (Wildman–Crippen MR) is 106 cm³/mol. The van der Waals surface area contributed by atoms with Crippen molar-refractivity contribution >= 4 is 17.5 Å². The summed E-state index contributed by atoms with van der Waals surface area (Å²) in [6, 6.07) is 8.41. The molecule has 0 aliphatic heterocycles. The summed E-state index contributed by atoms with van der Waals surface area (Å²) in [6.07, 6.45) is 8.63. The Bertz CT molecular complexity index is 744. The molecule has 1 heterocycles. The van der Waals surface area contributed by atoms with Gasteiger partial charge < -0.3 is 10.6 Å². The number of rotatable bonds is 6. The number of hydrogen-bond donors (Lipinski definition) is 2. The molecule has 1 aliphatic carbocycles. The molecule has 1 aliphatic rings. The van der Waals surface area contributed by atoms with Crippen LogP contribution in [0.1, 0.15) is 48.9 Å².